The monoisotopic (exact) mass is 331 g/mol. The summed E-state index contributed by atoms with van der Waals surface area (Å²) >= 11 is 0. The number of hydrogen-bond donors (Lipinski definition) is 0. The molecule has 128 valence electrons. The van der Waals surface area contributed by atoms with Gasteiger partial charge in [-0.15, -0.1) is 0 Å². The van der Waals surface area contributed by atoms with Gasteiger partial charge in [0.05, 0.1) is 17.8 Å². The van der Waals surface area contributed by atoms with Gasteiger partial charge in [-0.1, -0.05) is 6.42 Å². The summed E-state index contributed by atoms with van der Waals surface area (Å²) in [4.78, 5) is 32.9. The van der Waals surface area contributed by atoms with Gasteiger partial charge in [0.2, 0.25) is 5.91 Å². The van der Waals surface area contributed by atoms with Crippen molar-refractivity contribution in [2.45, 2.75) is 50.7 Å². The minimum absolute atomic E-state index is 0.290. The molecule has 0 N–H and O–H groups in total. The highest BCUT2D eigenvalue weighted by Gasteiger charge is 2.52. The van der Waals surface area contributed by atoms with Gasteiger partial charge in [-0.05, 0) is 50.2 Å². The molecule has 1 aromatic heterocycles. The number of alkyl halides is 1. The topological polar surface area (TPSA) is 53.5 Å². The molecule has 6 heteroatoms. The molecule has 24 heavy (non-hydrogen) atoms. The highest BCUT2D eigenvalue weighted by atomic mass is 19.1. The second-order valence-corrected chi connectivity index (χ2v) is 7.16. The second kappa shape index (κ2) is 6.15. The van der Waals surface area contributed by atoms with Crippen molar-refractivity contribution in [3.8, 4) is 0 Å². The molecule has 2 aliphatic carbocycles. The van der Waals surface area contributed by atoms with Gasteiger partial charge in [-0.3, -0.25) is 9.78 Å². The van der Waals surface area contributed by atoms with Crippen molar-refractivity contribution >= 4 is 17.6 Å². The van der Waals surface area contributed by atoms with E-state index in [4.69, 9.17) is 0 Å². The summed E-state index contributed by atoms with van der Waals surface area (Å²) in [5.74, 6) is -0.662. The number of aromatic nitrogens is 1. The SMILES string of the molecule is O=C1C2C(F)CCCC2N(CC2CCC2)C(=O)N1c1cccnc1. The first kappa shape index (κ1) is 15.5. The lowest BCUT2D eigenvalue weighted by molar-refractivity contribution is -0.130. The molecule has 2 heterocycles. The van der Waals surface area contributed by atoms with E-state index in [-0.39, 0.29) is 12.1 Å². The lowest BCUT2D eigenvalue weighted by Gasteiger charge is -2.49. The van der Waals surface area contributed by atoms with Crippen LogP contribution in [0.2, 0.25) is 0 Å². The van der Waals surface area contributed by atoms with E-state index in [1.165, 1.54) is 12.6 Å². The average Bonchev–Trinajstić information content (AvgIpc) is 2.54. The van der Waals surface area contributed by atoms with Crippen molar-refractivity contribution in [2.24, 2.45) is 11.8 Å². The fraction of sp³-hybridized carbons (Fsp3) is 0.611. The molecular weight excluding hydrogens is 309 g/mol. The third-order valence-corrected chi connectivity index (χ3v) is 5.71. The van der Waals surface area contributed by atoms with Crippen LogP contribution in [0.5, 0.6) is 0 Å². The van der Waals surface area contributed by atoms with Gasteiger partial charge in [-0.25, -0.2) is 14.1 Å². The summed E-state index contributed by atoms with van der Waals surface area (Å²) in [6.07, 6.45) is 7.18. The van der Waals surface area contributed by atoms with Crippen LogP contribution >= 0.6 is 0 Å². The minimum atomic E-state index is -1.17. The van der Waals surface area contributed by atoms with Crippen molar-refractivity contribution in [2.75, 3.05) is 11.4 Å². The Morgan fingerprint density at radius 3 is 2.62 bits per heavy atom. The molecule has 2 saturated carbocycles. The third kappa shape index (κ3) is 2.48. The van der Waals surface area contributed by atoms with Gasteiger partial charge < -0.3 is 4.90 Å². The van der Waals surface area contributed by atoms with Crippen LogP contribution in [0.4, 0.5) is 14.9 Å². The van der Waals surface area contributed by atoms with Crippen molar-refractivity contribution in [3.05, 3.63) is 24.5 Å². The predicted molar refractivity (Wildman–Crippen MR) is 87.2 cm³/mol. The number of carbonyl (C=O) groups excluding carboxylic acids is 2. The first-order valence-corrected chi connectivity index (χ1v) is 8.85. The summed E-state index contributed by atoms with van der Waals surface area (Å²) in [7, 11) is 0. The molecule has 1 saturated heterocycles. The standard InChI is InChI=1S/C18H22FN3O2/c19-14-7-2-8-15-16(14)17(23)22(13-6-3-9-20-10-13)18(24)21(15)11-12-4-1-5-12/h3,6,9-10,12,14-16H,1-2,4-5,7-8,11H2. The number of pyridine rings is 1. The van der Waals surface area contributed by atoms with Crippen LogP contribution in [0, 0.1) is 11.8 Å². The molecule has 3 unspecified atom stereocenters. The van der Waals surface area contributed by atoms with Gasteiger partial charge in [0.1, 0.15) is 6.17 Å². The smallest absolute Gasteiger partial charge is 0.320 e. The van der Waals surface area contributed by atoms with Crippen molar-refractivity contribution in [1.82, 2.24) is 9.88 Å². The average molecular weight is 331 g/mol. The van der Waals surface area contributed by atoms with E-state index < -0.39 is 18.0 Å². The number of rotatable bonds is 3. The number of carbonyl (C=O) groups is 2. The molecule has 1 aliphatic heterocycles. The first-order valence-electron chi connectivity index (χ1n) is 8.85. The van der Waals surface area contributed by atoms with Gasteiger partial charge in [0, 0.05) is 18.8 Å². The molecule has 3 atom stereocenters. The van der Waals surface area contributed by atoms with Crippen LogP contribution in [0.1, 0.15) is 38.5 Å². The Labute approximate surface area is 140 Å². The Balaban J connectivity index is 1.69. The van der Waals surface area contributed by atoms with Crippen molar-refractivity contribution in [1.29, 1.82) is 0 Å². The summed E-state index contributed by atoms with van der Waals surface area (Å²) in [5.41, 5.74) is 0.433. The van der Waals surface area contributed by atoms with Gasteiger partial charge in [0.15, 0.2) is 0 Å². The largest absolute Gasteiger partial charge is 0.331 e. The number of halogens is 1. The molecule has 3 amide bonds. The number of imide groups is 1. The van der Waals surface area contributed by atoms with Gasteiger partial charge >= 0.3 is 6.03 Å². The van der Waals surface area contributed by atoms with E-state index in [1.807, 2.05) is 0 Å². The summed E-state index contributed by atoms with van der Waals surface area (Å²) < 4.78 is 14.6. The Morgan fingerprint density at radius 2 is 1.96 bits per heavy atom. The normalized spacial score (nSPS) is 31.0. The van der Waals surface area contributed by atoms with E-state index in [0.29, 0.717) is 24.6 Å². The zero-order chi connectivity index (χ0) is 16.7. The maximum Gasteiger partial charge on any atom is 0.331 e. The number of nitrogens with zero attached hydrogens (tertiary/aromatic N) is 3. The molecule has 0 spiro atoms. The lowest BCUT2D eigenvalue weighted by atomic mass is 9.78. The maximum absolute atomic E-state index is 14.6. The van der Waals surface area contributed by atoms with E-state index in [0.717, 1.165) is 30.6 Å². The predicted octanol–water partition coefficient (Wildman–Crippen LogP) is 3.16. The van der Waals surface area contributed by atoms with Crippen LogP contribution in [-0.2, 0) is 4.79 Å². The highest BCUT2D eigenvalue weighted by Crippen LogP contribution is 2.39. The summed E-state index contributed by atoms with van der Waals surface area (Å²) in [6, 6.07) is 2.77. The zero-order valence-electron chi connectivity index (χ0n) is 13.6. The van der Waals surface area contributed by atoms with Crippen LogP contribution in [0.25, 0.3) is 0 Å². The highest BCUT2D eigenvalue weighted by molar-refractivity contribution is 6.17. The van der Waals surface area contributed by atoms with E-state index in [2.05, 4.69) is 4.98 Å². The lowest BCUT2D eigenvalue weighted by Crippen LogP contribution is -2.65. The molecule has 4 rings (SSSR count). The molecule has 3 fully saturated rings. The van der Waals surface area contributed by atoms with Crippen molar-refractivity contribution in [3.63, 3.8) is 0 Å². The van der Waals surface area contributed by atoms with Crippen molar-refractivity contribution < 1.29 is 14.0 Å². The Hall–Kier alpha value is -1.98. The van der Waals surface area contributed by atoms with Crippen LogP contribution in [0.3, 0.4) is 0 Å². The molecule has 5 nitrogen and oxygen atoms in total. The fourth-order valence-electron chi connectivity index (χ4n) is 4.20. The Bertz CT molecular complexity index is 634. The number of urea groups is 1. The number of hydrogen-bond acceptors (Lipinski definition) is 3. The number of amides is 3. The summed E-state index contributed by atoms with van der Waals surface area (Å²) in [6.45, 7) is 0.636. The Kier molecular flexibility index (Phi) is 3.98. The fourth-order valence-corrected chi connectivity index (χ4v) is 4.20. The van der Waals surface area contributed by atoms with Crippen LogP contribution in [0.15, 0.2) is 24.5 Å². The summed E-state index contributed by atoms with van der Waals surface area (Å²) in [5, 5.41) is 0. The van der Waals surface area contributed by atoms with Crippen LogP contribution in [-0.4, -0.2) is 40.6 Å². The molecule has 0 bridgehead atoms. The van der Waals surface area contributed by atoms with E-state index >= 15 is 0 Å². The first-order chi connectivity index (χ1) is 11.7. The molecule has 1 aromatic rings. The van der Waals surface area contributed by atoms with E-state index in [1.54, 1.807) is 23.2 Å². The van der Waals surface area contributed by atoms with Gasteiger partial charge in [-0.2, -0.15) is 0 Å². The minimum Gasteiger partial charge on any atom is -0.320 e. The molecular formula is C18H22FN3O2. The molecule has 0 aromatic carbocycles. The second-order valence-electron chi connectivity index (χ2n) is 7.16. The number of anilines is 1. The quantitative estimate of drug-likeness (QED) is 0.855. The maximum atomic E-state index is 14.6. The number of fused-ring (bicyclic) bond motifs is 1. The van der Waals surface area contributed by atoms with Gasteiger partial charge in [0.25, 0.3) is 0 Å². The Morgan fingerprint density at radius 1 is 1.17 bits per heavy atom. The molecule has 0 radical (unpaired) electrons. The zero-order valence-corrected chi connectivity index (χ0v) is 13.6. The molecule has 3 aliphatic rings. The van der Waals surface area contributed by atoms with Crippen LogP contribution < -0.4 is 4.90 Å². The van der Waals surface area contributed by atoms with E-state index in [9.17, 15) is 14.0 Å². The third-order valence-electron chi connectivity index (χ3n) is 5.71.